The number of likely N-dealkylation sites (tertiary alicyclic amines) is 2. The van der Waals surface area contributed by atoms with Crippen LogP contribution in [0.15, 0.2) is 6.20 Å². The van der Waals surface area contributed by atoms with E-state index in [9.17, 15) is 4.79 Å². The smallest absolute Gasteiger partial charge is 0.276 e. The van der Waals surface area contributed by atoms with E-state index in [0.29, 0.717) is 23.7 Å². The molecule has 2 atom stereocenters. The Labute approximate surface area is 142 Å². The number of ether oxygens (including phenoxy) is 1. The Morgan fingerprint density at radius 1 is 1.21 bits per heavy atom. The van der Waals surface area contributed by atoms with E-state index >= 15 is 0 Å². The molecule has 0 N–H and O–H groups in total. The summed E-state index contributed by atoms with van der Waals surface area (Å²) in [6.45, 7) is 4.55. The molecule has 0 aromatic carbocycles. The first kappa shape index (κ1) is 16.0. The topological polar surface area (TPSA) is 63.5 Å². The van der Waals surface area contributed by atoms with Crippen LogP contribution in [0.5, 0.6) is 0 Å². The van der Waals surface area contributed by atoms with Gasteiger partial charge in [-0.25, -0.2) is 4.68 Å². The first-order chi connectivity index (χ1) is 11.7. The number of amides is 1. The molecule has 0 radical (unpaired) electrons. The van der Waals surface area contributed by atoms with Crippen LogP contribution in [-0.2, 0) is 4.74 Å². The highest BCUT2D eigenvalue weighted by Gasteiger charge is 2.38. The number of hydrogen-bond donors (Lipinski definition) is 0. The molecule has 24 heavy (non-hydrogen) atoms. The molecule has 4 rings (SSSR count). The molecule has 3 aliphatic heterocycles. The van der Waals surface area contributed by atoms with Crippen LogP contribution in [0, 0.1) is 5.92 Å². The molecule has 132 valence electrons. The van der Waals surface area contributed by atoms with Crippen molar-refractivity contribution in [1.82, 2.24) is 24.8 Å². The van der Waals surface area contributed by atoms with Crippen molar-refractivity contribution in [1.29, 1.82) is 0 Å². The molecule has 1 aromatic rings. The highest BCUT2D eigenvalue weighted by Crippen LogP contribution is 2.31. The molecular formula is C17H27N5O2. The maximum atomic E-state index is 13.0. The van der Waals surface area contributed by atoms with E-state index in [-0.39, 0.29) is 5.91 Å². The molecular weight excluding hydrogens is 306 g/mol. The molecule has 2 unspecified atom stereocenters. The van der Waals surface area contributed by atoms with Crippen LogP contribution < -0.4 is 0 Å². The maximum absolute atomic E-state index is 13.0. The zero-order chi connectivity index (χ0) is 16.5. The Bertz CT molecular complexity index is 583. The van der Waals surface area contributed by atoms with Gasteiger partial charge in [0.15, 0.2) is 5.69 Å². The monoisotopic (exact) mass is 333 g/mol. The summed E-state index contributed by atoms with van der Waals surface area (Å²) < 4.78 is 7.26. The third-order valence-corrected chi connectivity index (χ3v) is 5.83. The summed E-state index contributed by atoms with van der Waals surface area (Å²) in [5.74, 6) is 0.666. The zero-order valence-electron chi connectivity index (χ0n) is 14.4. The van der Waals surface area contributed by atoms with Gasteiger partial charge in [0, 0.05) is 32.3 Å². The predicted molar refractivity (Wildman–Crippen MR) is 88.8 cm³/mol. The summed E-state index contributed by atoms with van der Waals surface area (Å²) in [6, 6.07) is 0.681. The van der Waals surface area contributed by atoms with E-state index in [2.05, 4.69) is 27.2 Å². The van der Waals surface area contributed by atoms with Gasteiger partial charge in [-0.05, 0) is 51.6 Å². The fourth-order valence-electron chi connectivity index (χ4n) is 4.49. The standard InChI is InChI=1S/C17H27N5O2/c1-20-8-4-16-13(11-20)3-2-7-21(16)17(23)15-12-22(19-18-15)14-5-9-24-10-6-14/h12-14,16H,2-11H2,1H3. The minimum atomic E-state index is 0.0626. The van der Waals surface area contributed by atoms with Gasteiger partial charge in [0.25, 0.3) is 5.91 Å². The summed E-state index contributed by atoms with van der Waals surface area (Å²) >= 11 is 0. The minimum absolute atomic E-state index is 0.0626. The fourth-order valence-corrected chi connectivity index (χ4v) is 4.49. The Hall–Kier alpha value is -1.47. The van der Waals surface area contributed by atoms with E-state index in [1.165, 1.54) is 6.42 Å². The Balaban J connectivity index is 1.47. The summed E-state index contributed by atoms with van der Waals surface area (Å²) in [5, 5.41) is 8.42. The van der Waals surface area contributed by atoms with Crippen molar-refractivity contribution < 1.29 is 9.53 Å². The van der Waals surface area contributed by atoms with Crippen LogP contribution in [0.3, 0.4) is 0 Å². The second-order valence-corrected chi connectivity index (χ2v) is 7.45. The van der Waals surface area contributed by atoms with E-state index < -0.39 is 0 Å². The summed E-state index contributed by atoms with van der Waals surface area (Å²) in [7, 11) is 2.18. The lowest BCUT2D eigenvalue weighted by Gasteiger charge is -2.46. The number of rotatable bonds is 2. The fraction of sp³-hybridized carbons (Fsp3) is 0.824. The average molecular weight is 333 g/mol. The number of fused-ring (bicyclic) bond motifs is 1. The van der Waals surface area contributed by atoms with Crippen molar-refractivity contribution in [2.75, 3.05) is 39.9 Å². The van der Waals surface area contributed by atoms with E-state index in [1.807, 2.05) is 10.9 Å². The van der Waals surface area contributed by atoms with Crippen LogP contribution in [0.1, 0.15) is 48.6 Å². The van der Waals surface area contributed by atoms with E-state index in [0.717, 1.165) is 58.5 Å². The van der Waals surface area contributed by atoms with Gasteiger partial charge in [0.2, 0.25) is 0 Å². The molecule has 7 heteroatoms. The Morgan fingerprint density at radius 2 is 2.04 bits per heavy atom. The summed E-state index contributed by atoms with van der Waals surface area (Å²) in [5.41, 5.74) is 0.501. The van der Waals surface area contributed by atoms with Gasteiger partial charge in [-0.15, -0.1) is 5.10 Å². The second kappa shape index (κ2) is 6.80. The zero-order valence-corrected chi connectivity index (χ0v) is 14.4. The van der Waals surface area contributed by atoms with Crippen LogP contribution in [0.4, 0.5) is 0 Å². The quantitative estimate of drug-likeness (QED) is 0.813. The number of carbonyl (C=O) groups excluding carboxylic acids is 1. The highest BCUT2D eigenvalue weighted by atomic mass is 16.5. The van der Waals surface area contributed by atoms with Crippen LogP contribution >= 0.6 is 0 Å². The van der Waals surface area contributed by atoms with Gasteiger partial charge >= 0.3 is 0 Å². The molecule has 1 amide bonds. The number of hydrogen-bond acceptors (Lipinski definition) is 5. The van der Waals surface area contributed by atoms with Crippen LogP contribution in [0.2, 0.25) is 0 Å². The van der Waals surface area contributed by atoms with E-state index in [4.69, 9.17) is 4.74 Å². The van der Waals surface area contributed by atoms with Crippen molar-refractivity contribution in [2.24, 2.45) is 5.92 Å². The normalized spacial score (nSPS) is 29.5. The van der Waals surface area contributed by atoms with Crippen LogP contribution in [-0.4, -0.2) is 76.6 Å². The second-order valence-electron chi connectivity index (χ2n) is 7.45. The number of nitrogens with zero attached hydrogens (tertiary/aromatic N) is 5. The molecule has 0 aliphatic carbocycles. The van der Waals surface area contributed by atoms with Crippen molar-refractivity contribution in [3.05, 3.63) is 11.9 Å². The Morgan fingerprint density at radius 3 is 2.88 bits per heavy atom. The van der Waals surface area contributed by atoms with Gasteiger partial charge < -0.3 is 14.5 Å². The van der Waals surface area contributed by atoms with E-state index in [1.54, 1.807) is 0 Å². The van der Waals surface area contributed by atoms with Gasteiger partial charge in [0.1, 0.15) is 0 Å². The van der Waals surface area contributed by atoms with Gasteiger partial charge in [-0.1, -0.05) is 5.21 Å². The highest BCUT2D eigenvalue weighted by molar-refractivity contribution is 5.92. The van der Waals surface area contributed by atoms with Crippen LogP contribution in [0.25, 0.3) is 0 Å². The van der Waals surface area contributed by atoms with Crippen molar-refractivity contribution in [3.63, 3.8) is 0 Å². The number of piperidine rings is 2. The third-order valence-electron chi connectivity index (χ3n) is 5.83. The predicted octanol–water partition coefficient (Wildman–Crippen LogP) is 1.19. The molecule has 4 heterocycles. The minimum Gasteiger partial charge on any atom is -0.381 e. The largest absolute Gasteiger partial charge is 0.381 e. The first-order valence-electron chi connectivity index (χ1n) is 9.21. The Kier molecular flexibility index (Phi) is 4.54. The number of aromatic nitrogens is 3. The number of carbonyl (C=O) groups is 1. The third kappa shape index (κ3) is 3.07. The van der Waals surface area contributed by atoms with Gasteiger partial charge in [-0.3, -0.25) is 4.79 Å². The lowest BCUT2D eigenvalue weighted by atomic mass is 9.84. The molecule has 3 fully saturated rings. The molecule has 0 spiro atoms. The first-order valence-corrected chi connectivity index (χ1v) is 9.21. The molecule has 0 saturated carbocycles. The lowest BCUT2D eigenvalue weighted by Crippen LogP contribution is -2.55. The molecule has 7 nitrogen and oxygen atoms in total. The molecule has 0 bridgehead atoms. The van der Waals surface area contributed by atoms with Crippen molar-refractivity contribution >= 4 is 5.91 Å². The molecule has 1 aromatic heterocycles. The molecule has 3 saturated heterocycles. The average Bonchev–Trinajstić information content (AvgIpc) is 3.11. The SMILES string of the molecule is CN1CCC2C(CCCN2C(=O)c2cn(C3CCOCC3)nn2)C1. The lowest BCUT2D eigenvalue weighted by molar-refractivity contribution is 0.0249. The van der Waals surface area contributed by atoms with Crippen molar-refractivity contribution in [3.8, 4) is 0 Å². The molecule has 3 aliphatic rings. The summed E-state index contributed by atoms with van der Waals surface area (Å²) in [4.78, 5) is 17.5. The maximum Gasteiger partial charge on any atom is 0.276 e. The summed E-state index contributed by atoms with van der Waals surface area (Å²) in [6.07, 6.45) is 7.12. The van der Waals surface area contributed by atoms with Gasteiger partial charge in [0.05, 0.1) is 12.2 Å². The van der Waals surface area contributed by atoms with Crippen molar-refractivity contribution in [2.45, 2.75) is 44.2 Å². The van der Waals surface area contributed by atoms with Gasteiger partial charge in [-0.2, -0.15) is 0 Å².